The molecule has 5 heteroatoms. The number of fused-ring (bicyclic) bond motifs is 1. The number of nitrogens with two attached hydrogens (primary N) is 1. The minimum Gasteiger partial charge on any atom is -0.375 e. The fourth-order valence-electron chi connectivity index (χ4n) is 1.97. The molecule has 0 spiro atoms. The van der Waals surface area contributed by atoms with Crippen molar-refractivity contribution in [3.63, 3.8) is 0 Å². The molecule has 0 saturated carbocycles. The number of hydrogen-bond acceptors (Lipinski definition) is 2. The Hall–Kier alpha value is -1.49. The molecule has 1 aliphatic carbocycles. The topological polar surface area (TPSA) is 63.3 Å². The van der Waals surface area contributed by atoms with Crippen molar-refractivity contribution in [1.82, 2.24) is 0 Å². The van der Waals surface area contributed by atoms with Gasteiger partial charge in [0.2, 0.25) is 0 Å². The third-order valence-corrected chi connectivity index (χ3v) is 2.78. The predicted octanol–water partition coefficient (Wildman–Crippen LogP) is 0.788. The first-order valence-electron chi connectivity index (χ1n) is 4.80. The van der Waals surface area contributed by atoms with Crippen LogP contribution < -0.4 is 5.73 Å². The van der Waals surface area contributed by atoms with Gasteiger partial charge in [-0.3, -0.25) is 4.79 Å². The van der Waals surface area contributed by atoms with E-state index in [1.165, 1.54) is 6.42 Å². The molecule has 1 amide bonds. The van der Waals surface area contributed by atoms with Gasteiger partial charge in [0, 0.05) is 18.1 Å². The SMILES string of the molecule is NC(=O)C1(O)[CH]CCc2c(F)cc(F)cc21. The summed E-state index contributed by atoms with van der Waals surface area (Å²) in [7, 11) is 0. The lowest BCUT2D eigenvalue weighted by Crippen LogP contribution is -2.44. The van der Waals surface area contributed by atoms with Crippen LogP contribution in [-0.2, 0) is 16.8 Å². The Balaban J connectivity index is 2.67. The molecule has 0 saturated heterocycles. The van der Waals surface area contributed by atoms with Crippen molar-refractivity contribution in [2.45, 2.75) is 18.4 Å². The lowest BCUT2D eigenvalue weighted by molar-refractivity contribution is -0.134. The summed E-state index contributed by atoms with van der Waals surface area (Å²) in [6.07, 6.45) is 1.91. The Morgan fingerprint density at radius 3 is 2.75 bits per heavy atom. The summed E-state index contributed by atoms with van der Waals surface area (Å²) < 4.78 is 26.5. The number of rotatable bonds is 1. The first kappa shape index (κ1) is 11.0. The van der Waals surface area contributed by atoms with Crippen molar-refractivity contribution in [1.29, 1.82) is 0 Å². The second-order valence-electron chi connectivity index (χ2n) is 3.79. The zero-order chi connectivity index (χ0) is 11.9. The minimum absolute atomic E-state index is 0.0937. The summed E-state index contributed by atoms with van der Waals surface area (Å²) in [5, 5.41) is 9.99. The Labute approximate surface area is 90.9 Å². The molecular formula is C11H10F2NO2. The van der Waals surface area contributed by atoms with Crippen molar-refractivity contribution in [2.75, 3.05) is 0 Å². The fraction of sp³-hybridized carbons (Fsp3) is 0.273. The van der Waals surface area contributed by atoms with E-state index < -0.39 is 23.1 Å². The molecule has 0 aliphatic heterocycles. The van der Waals surface area contributed by atoms with E-state index in [9.17, 15) is 18.7 Å². The molecule has 1 aromatic carbocycles. The molecule has 0 heterocycles. The molecule has 0 aromatic heterocycles. The van der Waals surface area contributed by atoms with Crippen LogP contribution in [0.1, 0.15) is 17.5 Å². The van der Waals surface area contributed by atoms with Crippen LogP contribution in [0.5, 0.6) is 0 Å². The number of benzene rings is 1. The van der Waals surface area contributed by atoms with Crippen molar-refractivity contribution in [3.05, 3.63) is 41.3 Å². The first-order chi connectivity index (χ1) is 7.45. The number of carbonyl (C=O) groups is 1. The Kier molecular flexibility index (Phi) is 2.42. The number of halogens is 2. The van der Waals surface area contributed by atoms with Gasteiger partial charge in [-0.2, -0.15) is 0 Å². The fourth-order valence-corrected chi connectivity index (χ4v) is 1.97. The molecule has 1 unspecified atom stereocenters. The van der Waals surface area contributed by atoms with Crippen LogP contribution in [0.3, 0.4) is 0 Å². The number of hydrogen-bond donors (Lipinski definition) is 2. The highest BCUT2D eigenvalue weighted by Gasteiger charge is 2.41. The molecule has 1 radical (unpaired) electrons. The Bertz CT molecular complexity index is 462. The predicted molar refractivity (Wildman–Crippen MR) is 52.1 cm³/mol. The zero-order valence-corrected chi connectivity index (χ0v) is 8.34. The highest BCUT2D eigenvalue weighted by Crippen LogP contribution is 2.36. The largest absolute Gasteiger partial charge is 0.375 e. The molecule has 2 rings (SSSR count). The highest BCUT2D eigenvalue weighted by atomic mass is 19.1. The molecule has 1 aliphatic rings. The van der Waals surface area contributed by atoms with Crippen LogP contribution in [0.4, 0.5) is 8.78 Å². The summed E-state index contributed by atoms with van der Waals surface area (Å²) in [6, 6.07) is 1.67. The summed E-state index contributed by atoms with van der Waals surface area (Å²) in [4.78, 5) is 11.2. The smallest absolute Gasteiger partial charge is 0.254 e. The second-order valence-corrected chi connectivity index (χ2v) is 3.79. The molecule has 0 bridgehead atoms. The Morgan fingerprint density at radius 2 is 2.12 bits per heavy atom. The second kappa shape index (κ2) is 3.52. The third-order valence-electron chi connectivity index (χ3n) is 2.78. The third kappa shape index (κ3) is 1.48. The van der Waals surface area contributed by atoms with Crippen LogP contribution in [0, 0.1) is 18.1 Å². The van der Waals surface area contributed by atoms with Crippen molar-refractivity contribution in [3.8, 4) is 0 Å². The highest BCUT2D eigenvalue weighted by molar-refractivity contribution is 5.87. The maximum Gasteiger partial charge on any atom is 0.254 e. The molecule has 16 heavy (non-hydrogen) atoms. The monoisotopic (exact) mass is 226 g/mol. The van der Waals surface area contributed by atoms with Gasteiger partial charge in [-0.25, -0.2) is 8.78 Å². The molecule has 1 atom stereocenters. The maximum absolute atomic E-state index is 13.4. The summed E-state index contributed by atoms with van der Waals surface area (Å²) in [5.41, 5.74) is 3.03. The number of amides is 1. The molecule has 1 aromatic rings. The van der Waals surface area contributed by atoms with Gasteiger partial charge in [-0.1, -0.05) is 0 Å². The van der Waals surface area contributed by atoms with E-state index in [1.54, 1.807) is 0 Å². The average molecular weight is 226 g/mol. The maximum atomic E-state index is 13.4. The average Bonchev–Trinajstić information content (AvgIpc) is 2.19. The number of primary amides is 1. The molecule has 3 nitrogen and oxygen atoms in total. The molecule has 0 fully saturated rings. The first-order valence-corrected chi connectivity index (χ1v) is 4.80. The minimum atomic E-state index is -2.07. The van der Waals surface area contributed by atoms with Gasteiger partial charge in [0.1, 0.15) is 11.6 Å². The van der Waals surface area contributed by atoms with E-state index in [4.69, 9.17) is 5.73 Å². The quantitative estimate of drug-likeness (QED) is 0.743. The number of carbonyl (C=O) groups excluding carboxylic acids is 1. The summed E-state index contributed by atoms with van der Waals surface area (Å²) in [6.45, 7) is 0. The van der Waals surface area contributed by atoms with E-state index in [0.29, 0.717) is 12.8 Å². The van der Waals surface area contributed by atoms with Crippen molar-refractivity contribution in [2.24, 2.45) is 5.73 Å². The van der Waals surface area contributed by atoms with Gasteiger partial charge >= 0.3 is 0 Å². The molecular weight excluding hydrogens is 216 g/mol. The van der Waals surface area contributed by atoms with Crippen LogP contribution in [-0.4, -0.2) is 11.0 Å². The zero-order valence-electron chi connectivity index (χ0n) is 8.34. The summed E-state index contributed by atoms with van der Waals surface area (Å²) >= 11 is 0. The van der Waals surface area contributed by atoms with Crippen LogP contribution in [0.15, 0.2) is 12.1 Å². The van der Waals surface area contributed by atoms with Crippen molar-refractivity contribution < 1.29 is 18.7 Å². The molecule has 85 valence electrons. The van der Waals surface area contributed by atoms with Crippen LogP contribution >= 0.6 is 0 Å². The van der Waals surface area contributed by atoms with Gasteiger partial charge in [0.05, 0.1) is 0 Å². The molecule has 3 N–H and O–H groups in total. The van der Waals surface area contributed by atoms with Crippen LogP contribution in [0.2, 0.25) is 0 Å². The van der Waals surface area contributed by atoms with Crippen LogP contribution in [0.25, 0.3) is 0 Å². The van der Waals surface area contributed by atoms with Gasteiger partial charge in [0.25, 0.3) is 5.91 Å². The summed E-state index contributed by atoms with van der Waals surface area (Å²) in [5.74, 6) is -2.63. The lowest BCUT2D eigenvalue weighted by atomic mass is 9.78. The van der Waals surface area contributed by atoms with E-state index in [0.717, 1.165) is 12.1 Å². The lowest BCUT2D eigenvalue weighted by Gasteiger charge is -2.31. The van der Waals surface area contributed by atoms with Gasteiger partial charge in [-0.05, 0) is 24.5 Å². The van der Waals surface area contributed by atoms with Gasteiger partial charge in [-0.15, -0.1) is 0 Å². The van der Waals surface area contributed by atoms with E-state index in [-0.39, 0.29) is 11.1 Å². The normalized spacial score (nSPS) is 23.9. The van der Waals surface area contributed by atoms with E-state index in [1.807, 2.05) is 0 Å². The Morgan fingerprint density at radius 1 is 1.44 bits per heavy atom. The van der Waals surface area contributed by atoms with E-state index in [2.05, 4.69) is 0 Å². The van der Waals surface area contributed by atoms with E-state index >= 15 is 0 Å². The number of aliphatic hydroxyl groups is 1. The van der Waals surface area contributed by atoms with Gasteiger partial charge < -0.3 is 10.8 Å². The van der Waals surface area contributed by atoms with Gasteiger partial charge in [0.15, 0.2) is 5.60 Å². The standard InChI is InChI=1S/C11H10F2NO2/c12-6-4-8-7(9(13)5-6)2-1-3-11(8,16)10(14)15/h3-5,16H,1-2H2,(H2,14,15). The van der Waals surface area contributed by atoms with Crippen molar-refractivity contribution >= 4 is 5.91 Å².